The minimum absolute atomic E-state index is 0.117. The highest BCUT2D eigenvalue weighted by molar-refractivity contribution is 5.36. The molecular weight excluding hydrogens is 273 g/mol. The van der Waals surface area contributed by atoms with Gasteiger partial charge in [-0.15, -0.1) is 0 Å². The van der Waals surface area contributed by atoms with Crippen LogP contribution in [0.2, 0.25) is 0 Å². The second-order valence-corrected chi connectivity index (χ2v) is 4.26. The van der Waals surface area contributed by atoms with Gasteiger partial charge in [0.1, 0.15) is 18.0 Å². The first-order valence-corrected chi connectivity index (χ1v) is 5.76. The molecule has 0 aliphatic carbocycles. The van der Waals surface area contributed by atoms with E-state index in [-0.39, 0.29) is 23.3 Å². The molecule has 1 fully saturated rings. The van der Waals surface area contributed by atoms with E-state index in [0.29, 0.717) is 0 Å². The van der Waals surface area contributed by atoms with Crippen LogP contribution in [-0.2, 0) is 11.3 Å². The molecule has 20 heavy (non-hydrogen) atoms. The Balaban J connectivity index is 2.48. The van der Waals surface area contributed by atoms with Crippen LogP contribution in [0.25, 0.3) is 0 Å². The normalized spacial score (nSPS) is 28.2. The Bertz CT molecular complexity index is 588. The summed E-state index contributed by atoms with van der Waals surface area (Å²) in [4.78, 5) is 15.3. The third-order valence-electron chi connectivity index (χ3n) is 3.07. The van der Waals surface area contributed by atoms with Crippen molar-refractivity contribution in [2.24, 2.45) is 0 Å². The molecular formula is C11H14FN3O5. The van der Waals surface area contributed by atoms with Crippen molar-refractivity contribution >= 4 is 5.82 Å². The third kappa shape index (κ3) is 2.31. The van der Waals surface area contributed by atoms with Gasteiger partial charge in [0.15, 0.2) is 6.23 Å². The van der Waals surface area contributed by atoms with Gasteiger partial charge in [-0.25, -0.2) is 9.18 Å². The lowest BCUT2D eigenvalue weighted by molar-refractivity contribution is -0.0448. The van der Waals surface area contributed by atoms with Gasteiger partial charge < -0.3 is 25.8 Å². The van der Waals surface area contributed by atoms with Gasteiger partial charge in [-0.1, -0.05) is 0 Å². The molecule has 1 aliphatic rings. The largest absolute Gasteiger partial charge is 0.394 e. The summed E-state index contributed by atoms with van der Waals surface area (Å²) in [5, 5.41) is 27.9. The Morgan fingerprint density at radius 2 is 2.25 bits per heavy atom. The summed E-state index contributed by atoms with van der Waals surface area (Å²) < 4.78 is 19.0. The lowest BCUT2D eigenvalue weighted by atomic mass is 10.1. The number of hydrogen-bond acceptors (Lipinski definition) is 7. The summed E-state index contributed by atoms with van der Waals surface area (Å²) >= 11 is 0. The number of aliphatic hydroxyl groups is 3. The van der Waals surface area contributed by atoms with Crippen LogP contribution in [0, 0.1) is 0 Å². The topological polar surface area (TPSA) is 131 Å². The van der Waals surface area contributed by atoms with Crippen molar-refractivity contribution in [1.82, 2.24) is 9.55 Å². The fraction of sp³-hybridized carbons (Fsp3) is 0.455. The SMILES string of the molecule is Nc1nc(=O)n(C2OC(CO)C(O)C2=CF)cc1CO. The maximum absolute atomic E-state index is 12.9. The van der Waals surface area contributed by atoms with Crippen LogP contribution in [-0.4, -0.2) is 43.7 Å². The second kappa shape index (κ2) is 5.67. The van der Waals surface area contributed by atoms with Gasteiger partial charge in [-0.2, -0.15) is 4.98 Å². The molecule has 0 bridgehead atoms. The molecule has 1 aliphatic heterocycles. The van der Waals surface area contributed by atoms with E-state index in [9.17, 15) is 14.3 Å². The molecule has 5 N–H and O–H groups in total. The van der Waals surface area contributed by atoms with E-state index in [1.165, 1.54) is 6.20 Å². The predicted octanol–water partition coefficient (Wildman–Crippen LogP) is -1.58. The maximum Gasteiger partial charge on any atom is 0.351 e. The number of ether oxygens (including phenoxy) is 1. The number of halogens is 1. The first-order valence-electron chi connectivity index (χ1n) is 5.76. The highest BCUT2D eigenvalue weighted by Gasteiger charge is 2.40. The number of nitrogens with two attached hydrogens (primary N) is 1. The van der Waals surface area contributed by atoms with Gasteiger partial charge in [-0.3, -0.25) is 4.57 Å². The van der Waals surface area contributed by atoms with Crippen LogP contribution in [0.1, 0.15) is 11.8 Å². The van der Waals surface area contributed by atoms with Crippen LogP contribution >= 0.6 is 0 Å². The summed E-state index contributed by atoms with van der Waals surface area (Å²) in [7, 11) is 0. The molecule has 3 atom stereocenters. The molecule has 0 amide bonds. The zero-order valence-corrected chi connectivity index (χ0v) is 10.3. The Morgan fingerprint density at radius 3 is 2.80 bits per heavy atom. The van der Waals surface area contributed by atoms with E-state index < -0.39 is 37.3 Å². The van der Waals surface area contributed by atoms with Gasteiger partial charge in [-0.05, 0) is 0 Å². The number of rotatable bonds is 3. The summed E-state index contributed by atoms with van der Waals surface area (Å²) in [5.74, 6) is -0.142. The van der Waals surface area contributed by atoms with Gasteiger partial charge in [0.2, 0.25) is 0 Å². The zero-order valence-electron chi connectivity index (χ0n) is 10.3. The summed E-state index contributed by atoms with van der Waals surface area (Å²) in [5.41, 5.74) is 4.56. The van der Waals surface area contributed by atoms with Crippen LogP contribution in [0.3, 0.4) is 0 Å². The number of hydrogen-bond donors (Lipinski definition) is 4. The molecule has 8 nitrogen and oxygen atoms in total. The van der Waals surface area contributed by atoms with Crippen molar-refractivity contribution in [3.8, 4) is 0 Å². The van der Waals surface area contributed by atoms with Crippen LogP contribution in [0.4, 0.5) is 10.2 Å². The smallest absolute Gasteiger partial charge is 0.351 e. The molecule has 1 saturated heterocycles. The third-order valence-corrected chi connectivity index (χ3v) is 3.07. The van der Waals surface area contributed by atoms with Crippen LogP contribution in [0.15, 0.2) is 22.9 Å². The average molecular weight is 287 g/mol. The van der Waals surface area contributed by atoms with E-state index in [0.717, 1.165) is 4.57 Å². The molecule has 0 saturated carbocycles. The molecule has 1 aromatic rings. The first-order chi connectivity index (χ1) is 9.53. The Morgan fingerprint density at radius 1 is 1.55 bits per heavy atom. The lowest BCUT2D eigenvalue weighted by Crippen LogP contribution is -2.29. The fourth-order valence-electron chi connectivity index (χ4n) is 1.98. The second-order valence-electron chi connectivity index (χ2n) is 4.26. The van der Waals surface area contributed by atoms with Crippen LogP contribution < -0.4 is 11.4 Å². The molecule has 110 valence electrons. The molecule has 1 aromatic heterocycles. The number of nitrogen functional groups attached to an aromatic ring is 1. The number of aromatic nitrogens is 2. The lowest BCUT2D eigenvalue weighted by Gasteiger charge is -2.16. The number of nitrogens with zero attached hydrogens (tertiary/aromatic N) is 2. The minimum atomic E-state index is -1.38. The average Bonchev–Trinajstić information content (AvgIpc) is 2.75. The van der Waals surface area contributed by atoms with Gasteiger partial charge in [0, 0.05) is 17.3 Å². The highest BCUT2D eigenvalue weighted by atomic mass is 19.1. The zero-order chi connectivity index (χ0) is 14.9. The fourth-order valence-corrected chi connectivity index (χ4v) is 1.98. The number of aliphatic hydroxyl groups excluding tert-OH is 3. The van der Waals surface area contributed by atoms with Crippen molar-refractivity contribution in [2.45, 2.75) is 25.0 Å². The number of anilines is 1. The van der Waals surface area contributed by atoms with E-state index >= 15 is 0 Å². The highest BCUT2D eigenvalue weighted by Crippen LogP contribution is 2.33. The van der Waals surface area contributed by atoms with Crippen molar-refractivity contribution in [1.29, 1.82) is 0 Å². The van der Waals surface area contributed by atoms with Crippen molar-refractivity contribution < 1.29 is 24.4 Å². The molecule has 3 unspecified atom stereocenters. The van der Waals surface area contributed by atoms with E-state index in [2.05, 4.69) is 4.98 Å². The molecule has 9 heteroatoms. The summed E-state index contributed by atoms with van der Waals surface area (Å²) in [6.07, 6.45) is -2.39. The van der Waals surface area contributed by atoms with E-state index in [1.54, 1.807) is 0 Å². The van der Waals surface area contributed by atoms with Crippen LogP contribution in [0.5, 0.6) is 0 Å². The predicted molar refractivity (Wildman–Crippen MR) is 65.0 cm³/mol. The van der Waals surface area contributed by atoms with Gasteiger partial charge in [0.25, 0.3) is 0 Å². The van der Waals surface area contributed by atoms with Crippen molar-refractivity contribution in [3.63, 3.8) is 0 Å². The molecule has 0 radical (unpaired) electrons. The molecule has 2 heterocycles. The Hall–Kier alpha value is -1.81. The molecule has 0 aromatic carbocycles. The van der Waals surface area contributed by atoms with E-state index in [1.807, 2.05) is 0 Å². The van der Waals surface area contributed by atoms with Crippen molar-refractivity contribution in [2.75, 3.05) is 12.3 Å². The molecule has 2 rings (SSSR count). The Kier molecular flexibility index (Phi) is 4.14. The van der Waals surface area contributed by atoms with Gasteiger partial charge >= 0.3 is 5.69 Å². The summed E-state index contributed by atoms with van der Waals surface area (Å²) in [6.45, 7) is -1.01. The Labute approximate surface area is 112 Å². The van der Waals surface area contributed by atoms with Gasteiger partial charge in [0.05, 0.1) is 19.5 Å². The quantitative estimate of drug-likeness (QED) is 0.527. The minimum Gasteiger partial charge on any atom is -0.394 e. The summed E-state index contributed by atoms with van der Waals surface area (Å²) in [6, 6.07) is 0. The standard InChI is InChI=1S/C11H14FN3O5/c12-1-6-8(18)7(4-17)20-10(6)15-2-5(3-16)9(13)14-11(15)19/h1-2,7-8,10,16-18H,3-4H2,(H2,13,14,19). The maximum atomic E-state index is 12.9. The first kappa shape index (κ1) is 14.6. The van der Waals surface area contributed by atoms with Crippen molar-refractivity contribution in [3.05, 3.63) is 34.1 Å². The monoisotopic (exact) mass is 287 g/mol. The van der Waals surface area contributed by atoms with E-state index in [4.69, 9.17) is 20.7 Å². The molecule has 0 spiro atoms.